The van der Waals surface area contributed by atoms with Gasteiger partial charge >= 0.3 is 5.97 Å². The molecule has 0 aliphatic carbocycles. The average Bonchev–Trinajstić information content (AvgIpc) is 2.36. The van der Waals surface area contributed by atoms with E-state index in [0.29, 0.717) is 11.6 Å². The topological polar surface area (TPSA) is 80.7 Å². The van der Waals surface area contributed by atoms with Crippen LogP contribution in [-0.4, -0.2) is 42.4 Å². The van der Waals surface area contributed by atoms with E-state index in [-0.39, 0.29) is 6.54 Å². The predicted octanol–water partition coefficient (Wildman–Crippen LogP) is 0.426. The Morgan fingerprint density at radius 2 is 2.24 bits per heavy atom. The van der Waals surface area contributed by atoms with Crippen molar-refractivity contribution in [3.05, 3.63) is 18.3 Å². The second-order valence-corrected chi connectivity index (χ2v) is 3.71. The molecule has 0 aromatic carbocycles. The third-order valence-corrected chi connectivity index (χ3v) is 2.21. The number of pyridine rings is 1. The predicted molar refractivity (Wildman–Crippen MR) is 61.9 cm³/mol. The van der Waals surface area contributed by atoms with Gasteiger partial charge in [-0.05, 0) is 13.0 Å². The molecule has 0 aliphatic rings. The minimum absolute atomic E-state index is 0.0354. The molecule has 0 spiro atoms. The van der Waals surface area contributed by atoms with Crippen molar-refractivity contribution < 1.29 is 19.4 Å². The highest BCUT2D eigenvalue weighted by Crippen LogP contribution is 2.13. The van der Waals surface area contributed by atoms with Crippen molar-refractivity contribution in [1.82, 2.24) is 4.98 Å². The van der Waals surface area contributed by atoms with Gasteiger partial charge in [0.2, 0.25) is 5.88 Å². The highest BCUT2D eigenvalue weighted by Gasteiger charge is 2.31. The van der Waals surface area contributed by atoms with Crippen molar-refractivity contribution in [2.45, 2.75) is 12.5 Å². The van der Waals surface area contributed by atoms with Crippen LogP contribution < -0.4 is 10.1 Å². The summed E-state index contributed by atoms with van der Waals surface area (Å²) in [5.41, 5.74) is -0.899. The molecule has 0 saturated carbocycles. The Morgan fingerprint density at radius 3 is 2.71 bits per heavy atom. The Hall–Kier alpha value is -1.82. The quantitative estimate of drug-likeness (QED) is 0.726. The lowest BCUT2D eigenvalue weighted by atomic mass is 10.1. The van der Waals surface area contributed by atoms with Crippen LogP contribution in [0, 0.1) is 0 Å². The molecule has 0 saturated heterocycles. The van der Waals surface area contributed by atoms with Crippen LogP contribution in [0.3, 0.4) is 0 Å². The Kier molecular flexibility index (Phi) is 4.28. The first-order valence-corrected chi connectivity index (χ1v) is 5.04. The zero-order chi connectivity index (χ0) is 12.9. The number of ether oxygens (including phenoxy) is 2. The maximum absolute atomic E-state index is 11.2. The summed E-state index contributed by atoms with van der Waals surface area (Å²) >= 11 is 0. The summed E-state index contributed by atoms with van der Waals surface area (Å²) in [6.45, 7) is 1.41. The maximum atomic E-state index is 11.2. The number of methoxy groups -OCH3 is 2. The van der Waals surface area contributed by atoms with Gasteiger partial charge in [-0.1, -0.05) is 0 Å². The Labute approximate surface area is 99.6 Å². The van der Waals surface area contributed by atoms with Gasteiger partial charge in [0.1, 0.15) is 0 Å². The number of carbonyl (C=O) groups excluding carboxylic acids is 1. The molecule has 1 heterocycles. The Morgan fingerprint density at radius 1 is 1.53 bits per heavy atom. The number of nitrogens with zero attached hydrogens (tertiary/aromatic N) is 1. The SMILES string of the molecule is COC(=O)C(C)(O)CNc1ccc(OC)nc1. The van der Waals surface area contributed by atoms with E-state index in [9.17, 15) is 9.90 Å². The van der Waals surface area contributed by atoms with Gasteiger partial charge in [-0.25, -0.2) is 9.78 Å². The molecule has 6 nitrogen and oxygen atoms in total. The lowest BCUT2D eigenvalue weighted by molar-refractivity contribution is -0.158. The summed E-state index contributed by atoms with van der Waals surface area (Å²) < 4.78 is 9.38. The van der Waals surface area contributed by atoms with E-state index in [1.54, 1.807) is 18.3 Å². The molecule has 17 heavy (non-hydrogen) atoms. The fourth-order valence-electron chi connectivity index (χ4n) is 1.17. The van der Waals surface area contributed by atoms with E-state index >= 15 is 0 Å². The van der Waals surface area contributed by atoms with Crippen molar-refractivity contribution in [1.29, 1.82) is 0 Å². The van der Waals surface area contributed by atoms with Gasteiger partial charge in [0, 0.05) is 6.07 Å². The van der Waals surface area contributed by atoms with E-state index in [1.807, 2.05) is 0 Å². The second kappa shape index (κ2) is 5.49. The highest BCUT2D eigenvalue weighted by atomic mass is 16.5. The van der Waals surface area contributed by atoms with Crippen LogP contribution in [0.4, 0.5) is 5.69 Å². The molecular weight excluding hydrogens is 224 g/mol. The minimum atomic E-state index is -1.57. The van der Waals surface area contributed by atoms with Gasteiger partial charge in [-0.3, -0.25) is 0 Å². The van der Waals surface area contributed by atoms with Crippen LogP contribution >= 0.6 is 0 Å². The number of carbonyl (C=O) groups is 1. The first-order chi connectivity index (χ1) is 7.99. The Balaban J connectivity index is 2.57. The summed E-state index contributed by atoms with van der Waals surface area (Å²) in [4.78, 5) is 15.2. The summed E-state index contributed by atoms with van der Waals surface area (Å²) in [6.07, 6.45) is 1.55. The van der Waals surface area contributed by atoms with Gasteiger partial charge in [0.15, 0.2) is 5.60 Å². The lowest BCUT2D eigenvalue weighted by Gasteiger charge is -2.20. The van der Waals surface area contributed by atoms with E-state index in [2.05, 4.69) is 15.0 Å². The first-order valence-electron chi connectivity index (χ1n) is 5.04. The molecule has 0 bridgehead atoms. The number of aromatic nitrogens is 1. The molecule has 0 radical (unpaired) electrons. The van der Waals surface area contributed by atoms with Crippen LogP contribution in [0.5, 0.6) is 5.88 Å². The van der Waals surface area contributed by atoms with Crippen molar-refractivity contribution in [2.75, 3.05) is 26.1 Å². The number of esters is 1. The molecule has 1 aromatic heterocycles. The third-order valence-electron chi connectivity index (χ3n) is 2.21. The molecule has 0 fully saturated rings. The fourth-order valence-corrected chi connectivity index (χ4v) is 1.17. The molecule has 1 atom stereocenters. The fraction of sp³-hybridized carbons (Fsp3) is 0.455. The standard InChI is InChI=1S/C11H16N2O4/c1-11(15,10(14)17-3)7-13-8-4-5-9(16-2)12-6-8/h4-6,13,15H,7H2,1-3H3. The summed E-state index contributed by atoms with van der Waals surface area (Å²) in [6, 6.07) is 3.41. The second-order valence-electron chi connectivity index (χ2n) is 3.71. The van der Waals surface area contributed by atoms with Gasteiger partial charge in [-0.15, -0.1) is 0 Å². The smallest absolute Gasteiger partial charge is 0.339 e. The van der Waals surface area contributed by atoms with Crippen LogP contribution in [0.15, 0.2) is 18.3 Å². The number of nitrogens with one attached hydrogen (secondary N) is 1. The largest absolute Gasteiger partial charge is 0.481 e. The lowest BCUT2D eigenvalue weighted by Crippen LogP contribution is -2.42. The molecule has 1 rings (SSSR count). The average molecular weight is 240 g/mol. The van der Waals surface area contributed by atoms with Crippen LogP contribution in [0.25, 0.3) is 0 Å². The first kappa shape index (κ1) is 13.2. The molecule has 0 amide bonds. The summed E-state index contributed by atoms with van der Waals surface area (Å²) in [5, 5.41) is 12.6. The molecule has 1 aromatic rings. The van der Waals surface area contributed by atoms with Crippen LogP contribution in [-0.2, 0) is 9.53 Å². The molecule has 2 N–H and O–H groups in total. The number of rotatable bonds is 5. The molecule has 0 aliphatic heterocycles. The van der Waals surface area contributed by atoms with E-state index in [0.717, 1.165) is 0 Å². The van der Waals surface area contributed by atoms with E-state index < -0.39 is 11.6 Å². The number of hydrogen-bond donors (Lipinski definition) is 2. The molecule has 1 unspecified atom stereocenters. The molecular formula is C11H16N2O4. The van der Waals surface area contributed by atoms with Gasteiger partial charge in [0.25, 0.3) is 0 Å². The third kappa shape index (κ3) is 3.60. The maximum Gasteiger partial charge on any atom is 0.339 e. The van der Waals surface area contributed by atoms with Gasteiger partial charge in [0.05, 0.1) is 32.6 Å². The van der Waals surface area contributed by atoms with Gasteiger partial charge in [-0.2, -0.15) is 0 Å². The van der Waals surface area contributed by atoms with Crippen LogP contribution in [0.2, 0.25) is 0 Å². The van der Waals surface area contributed by atoms with E-state index in [4.69, 9.17) is 4.74 Å². The van der Waals surface area contributed by atoms with Gasteiger partial charge < -0.3 is 19.9 Å². The molecule has 94 valence electrons. The van der Waals surface area contributed by atoms with Crippen molar-refractivity contribution in [3.8, 4) is 5.88 Å². The van der Waals surface area contributed by atoms with Crippen molar-refractivity contribution >= 4 is 11.7 Å². The van der Waals surface area contributed by atoms with Crippen molar-refractivity contribution in [2.24, 2.45) is 0 Å². The van der Waals surface area contributed by atoms with Crippen molar-refractivity contribution in [3.63, 3.8) is 0 Å². The minimum Gasteiger partial charge on any atom is -0.481 e. The van der Waals surface area contributed by atoms with Crippen LogP contribution in [0.1, 0.15) is 6.92 Å². The summed E-state index contributed by atoms with van der Waals surface area (Å²) in [5.74, 6) is -0.193. The monoisotopic (exact) mass is 240 g/mol. The highest BCUT2D eigenvalue weighted by molar-refractivity contribution is 5.79. The number of hydrogen-bond acceptors (Lipinski definition) is 6. The zero-order valence-electron chi connectivity index (χ0n) is 10.1. The number of anilines is 1. The number of aliphatic hydroxyl groups is 1. The normalized spacial score (nSPS) is 13.6. The Bertz CT molecular complexity index is 376. The van der Waals surface area contributed by atoms with E-state index in [1.165, 1.54) is 21.1 Å². The summed E-state index contributed by atoms with van der Waals surface area (Å²) in [7, 11) is 2.75. The molecule has 6 heteroatoms. The zero-order valence-corrected chi connectivity index (χ0v) is 10.1.